The smallest absolute Gasteiger partial charge is 0.146 e. The molecular weight excluding hydrogens is 274 g/mol. The Labute approximate surface area is 134 Å². The fourth-order valence-corrected chi connectivity index (χ4v) is 2.90. The van der Waals surface area contributed by atoms with Gasteiger partial charge in [0, 0.05) is 25.0 Å². The first-order chi connectivity index (χ1) is 10.9. The van der Waals surface area contributed by atoms with Crippen LogP contribution < -0.4 is 0 Å². The van der Waals surface area contributed by atoms with Crippen molar-refractivity contribution < 1.29 is 9.47 Å². The molecule has 22 heavy (non-hydrogen) atoms. The van der Waals surface area contributed by atoms with Crippen LogP contribution in [0.4, 0.5) is 0 Å². The fraction of sp³-hybridized carbons (Fsp3) is 0.474. The maximum absolute atomic E-state index is 5.56. The Morgan fingerprint density at radius 2 is 1.64 bits per heavy atom. The summed E-state index contributed by atoms with van der Waals surface area (Å²) in [6, 6.07) is 11.0. The number of benzene rings is 1. The predicted octanol–water partition coefficient (Wildman–Crippen LogP) is 3.80. The summed E-state index contributed by atoms with van der Waals surface area (Å²) in [5, 5.41) is 0. The van der Waals surface area contributed by atoms with Gasteiger partial charge in [-0.3, -0.25) is 4.90 Å². The molecule has 1 aliphatic rings. The molecular formula is C19H27NO2. The number of hydrogen-bond acceptors (Lipinski definition) is 3. The Morgan fingerprint density at radius 3 is 2.18 bits per heavy atom. The van der Waals surface area contributed by atoms with Gasteiger partial charge in [-0.25, -0.2) is 0 Å². The van der Waals surface area contributed by atoms with Crippen molar-refractivity contribution in [2.75, 3.05) is 33.1 Å². The largest absolute Gasteiger partial charge is 0.355 e. The van der Waals surface area contributed by atoms with Gasteiger partial charge in [0.25, 0.3) is 0 Å². The summed E-state index contributed by atoms with van der Waals surface area (Å²) >= 11 is 0. The molecule has 1 fully saturated rings. The van der Waals surface area contributed by atoms with Crippen LogP contribution in [-0.4, -0.2) is 38.0 Å². The maximum Gasteiger partial charge on any atom is 0.146 e. The number of rotatable bonds is 7. The molecule has 1 aromatic rings. The molecule has 1 saturated heterocycles. The normalized spacial score (nSPS) is 18.5. The highest BCUT2D eigenvalue weighted by Crippen LogP contribution is 2.31. The molecule has 2 rings (SSSR count). The Bertz CT molecular complexity index is 450. The van der Waals surface area contributed by atoms with E-state index in [0.29, 0.717) is 18.8 Å². The van der Waals surface area contributed by atoms with Crippen LogP contribution in [0.3, 0.4) is 0 Å². The summed E-state index contributed by atoms with van der Waals surface area (Å²) in [6.07, 6.45) is 8.64. The molecule has 120 valence electrons. The standard InChI is InChI=1S/C19H27NO2/c1-3-5-12-20(13-6-4-2)19(17-10-8-7-9-11-17)18-14-21-16-22-15-18/h3-11,18-19H,12-16H2,1-2H3. The highest BCUT2D eigenvalue weighted by atomic mass is 16.7. The lowest BCUT2D eigenvalue weighted by Crippen LogP contribution is -2.40. The van der Waals surface area contributed by atoms with Crippen LogP contribution in [-0.2, 0) is 9.47 Å². The zero-order chi connectivity index (χ0) is 15.6. The van der Waals surface area contributed by atoms with Gasteiger partial charge in [-0.1, -0.05) is 54.6 Å². The minimum absolute atomic E-state index is 0.300. The molecule has 0 spiro atoms. The number of hydrogen-bond donors (Lipinski definition) is 0. The Kier molecular flexibility index (Phi) is 7.37. The molecule has 1 atom stereocenters. The molecule has 0 N–H and O–H groups in total. The van der Waals surface area contributed by atoms with Crippen molar-refractivity contribution in [1.29, 1.82) is 0 Å². The summed E-state index contributed by atoms with van der Waals surface area (Å²) in [7, 11) is 0. The van der Waals surface area contributed by atoms with Crippen molar-refractivity contribution in [3.63, 3.8) is 0 Å². The van der Waals surface area contributed by atoms with E-state index in [0.717, 1.165) is 26.3 Å². The third kappa shape index (κ3) is 4.80. The molecule has 0 saturated carbocycles. The molecule has 0 aliphatic carbocycles. The fourth-order valence-electron chi connectivity index (χ4n) is 2.90. The summed E-state index contributed by atoms with van der Waals surface area (Å²) in [5.41, 5.74) is 1.33. The van der Waals surface area contributed by atoms with Gasteiger partial charge >= 0.3 is 0 Å². The van der Waals surface area contributed by atoms with Crippen molar-refractivity contribution in [3.8, 4) is 0 Å². The first kappa shape index (κ1) is 16.9. The topological polar surface area (TPSA) is 21.7 Å². The molecule has 1 heterocycles. The number of allylic oxidation sites excluding steroid dienone is 2. The monoisotopic (exact) mass is 301 g/mol. The lowest BCUT2D eigenvalue weighted by Gasteiger charge is -2.38. The Hall–Kier alpha value is -1.42. The molecule has 0 amide bonds. The second kappa shape index (κ2) is 9.57. The van der Waals surface area contributed by atoms with Crippen molar-refractivity contribution >= 4 is 0 Å². The van der Waals surface area contributed by atoms with E-state index in [4.69, 9.17) is 9.47 Å². The van der Waals surface area contributed by atoms with Gasteiger partial charge < -0.3 is 9.47 Å². The van der Waals surface area contributed by atoms with Gasteiger partial charge in [-0.2, -0.15) is 0 Å². The Balaban J connectivity index is 2.26. The van der Waals surface area contributed by atoms with Gasteiger partial charge in [0.15, 0.2) is 0 Å². The zero-order valence-electron chi connectivity index (χ0n) is 13.7. The molecule has 1 aliphatic heterocycles. The second-order valence-corrected chi connectivity index (χ2v) is 5.57. The Morgan fingerprint density at radius 1 is 1.05 bits per heavy atom. The number of nitrogens with zero attached hydrogens (tertiary/aromatic N) is 1. The first-order valence-corrected chi connectivity index (χ1v) is 8.03. The molecule has 1 unspecified atom stereocenters. The van der Waals surface area contributed by atoms with E-state index in [-0.39, 0.29) is 0 Å². The van der Waals surface area contributed by atoms with Gasteiger partial charge in [0.2, 0.25) is 0 Å². The minimum atomic E-state index is 0.300. The highest BCUT2D eigenvalue weighted by Gasteiger charge is 2.30. The summed E-state index contributed by atoms with van der Waals surface area (Å²) in [5.74, 6) is 0.353. The average molecular weight is 301 g/mol. The molecule has 0 bridgehead atoms. The van der Waals surface area contributed by atoms with E-state index >= 15 is 0 Å². The van der Waals surface area contributed by atoms with Crippen LogP contribution in [0.25, 0.3) is 0 Å². The maximum atomic E-state index is 5.56. The van der Waals surface area contributed by atoms with Crippen LogP contribution in [0.5, 0.6) is 0 Å². The van der Waals surface area contributed by atoms with E-state index in [1.807, 2.05) is 0 Å². The van der Waals surface area contributed by atoms with Crippen LogP contribution in [0.15, 0.2) is 54.6 Å². The van der Waals surface area contributed by atoms with Gasteiger partial charge in [-0.05, 0) is 19.4 Å². The van der Waals surface area contributed by atoms with Gasteiger partial charge in [0.1, 0.15) is 6.79 Å². The van der Waals surface area contributed by atoms with Crippen molar-refractivity contribution in [2.24, 2.45) is 5.92 Å². The van der Waals surface area contributed by atoms with Crippen molar-refractivity contribution in [3.05, 3.63) is 60.2 Å². The van der Waals surface area contributed by atoms with Crippen LogP contribution in [0.2, 0.25) is 0 Å². The minimum Gasteiger partial charge on any atom is -0.355 e. The molecule has 0 radical (unpaired) electrons. The summed E-state index contributed by atoms with van der Waals surface area (Å²) < 4.78 is 11.1. The SMILES string of the molecule is CC=CCN(CC=CC)C(c1ccccc1)C1COCOC1. The van der Waals surface area contributed by atoms with Crippen LogP contribution >= 0.6 is 0 Å². The van der Waals surface area contributed by atoms with Crippen LogP contribution in [0.1, 0.15) is 25.5 Å². The summed E-state index contributed by atoms with van der Waals surface area (Å²) in [6.45, 7) is 7.91. The second-order valence-electron chi connectivity index (χ2n) is 5.57. The molecule has 3 nitrogen and oxygen atoms in total. The average Bonchev–Trinajstić information content (AvgIpc) is 2.59. The zero-order valence-corrected chi connectivity index (χ0v) is 13.7. The van der Waals surface area contributed by atoms with E-state index in [1.165, 1.54) is 5.56 Å². The highest BCUT2D eigenvalue weighted by molar-refractivity contribution is 5.20. The predicted molar refractivity (Wildman–Crippen MR) is 90.6 cm³/mol. The molecule has 1 aromatic carbocycles. The third-order valence-corrected chi connectivity index (χ3v) is 3.96. The van der Waals surface area contributed by atoms with E-state index in [9.17, 15) is 0 Å². The lowest BCUT2D eigenvalue weighted by atomic mass is 9.92. The van der Waals surface area contributed by atoms with Gasteiger partial charge in [0.05, 0.1) is 13.2 Å². The van der Waals surface area contributed by atoms with E-state index < -0.39 is 0 Å². The van der Waals surface area contributed by atoms with E-state index in [2.05, 4.69) is 73.4 Å². The molecule has 0 aromatic heterocycles. The van der Waals surface area contributed by atoms with Crippen molar-refractivity contribution in [1.82, 2.24) is 4.90 Å². The molecule has 3 heteroatoms. The van der Waals surface area contributed by atoms with Crippen LogP contribution in [0, 0.1) is 5.92 Å². The quantitative estimate of drug-likeness (QED) is 0.715. The third-order valence-electron chi connectivity index (χ3n) is 3.96. The van der Waals surface area contributed by atoms with Crippen molar-refractivity contribution in [2.45, 2.75) is 19.9 Å². The summed E-state index contributed by atoms with van der Waals surface area (Å²) in [4.78, 5) is 2.48. The lowest BCUT2D eigenvalue weighted by molar-refractivity contribution is -0.141. The first-order valence-electron chi connectivity index (χ1n) is 8.03. The van der Waals surface area contributed by atoms with Gasteiger partial charge in [-0.15, -0.1) is 0 Å². The van der Waals surface area contributed by atoms with E-state index in [1.54, 1.807) is 0 Å². The number of ether oxygens (including phenoxy) is 2.